The molecule has 4 heteroatoms. The molecule has 1 atom stereocenters. The van der Waals surface area contributed by atoms with Crippen LogP contribution in [0, 0.1) is 6.92 Å². The maximum absolute atomic E-state index is 11.3. The monoisotopic (exact) mass is 208 g/mol. The highest BCUT2D eigenvalue weighted by molar-refractivity contribution is 5.94. The van der Waals surface area contributed by atoms with Crippen LogP contribution in [0.25, 0.3) is 0 Å². The minimum absolute atomic E-state index is 0.00729. The number of rotatable bonds is 3. The fraction of sp³-hybridized carbons (Fsp3) is 0.364. The zero-order chi connectivity index (χ0) is 11.4. The van der Waals surface area contributed by atoms with Gasteiger partial charge in [0, 0.05) is 5.69 Å². The van der Waals surface area contributed by atoms with Crippen molar-refractivity contribution in [2.75, 3.05) is 5.32 Å². The average Bonchev–Trinajstić information content (AvgIpc) is 2.18. The van der Waals surface area contributed by atoms with Gasteiger partial charge in [0.25, 0.3) is 0 Å². The van der Waals surface area contributed by atoms with Crippen molar-refractivity contribution in [3.05, 3.63) is 29.3 Å². The number of hydrogen-bond acceptors (Lipinski definition) is 3. The maximum atomic E-state index is 11.3. The fourth-order valence-corrected chi connectivity index (χ4v) is 1.21. The summed E-state index contributed by atoms with van der Waals surface area (Å²) in [6, 6.07) is 4.82. The van der Waals surface area contributed by atoms with Gasteiger partial charge in [-0.05, 0) is 37.1 Å². The molecule has 0 bridgehead atoms. The predicted molar refractivity (Wildman–Crippen MR) is 59.4 cm³/mol. The summed E-state index contributed by atoms with van der Waals surface area (Å²) in [5.74, 6) is -0.217. The van der Waals surface area contributed by atoms with Gasteiger partial charge in [0.15, 0.2) is 0 Å². The van der Waals surface area contributed by atoms with Crippen molar-refractivity contribution in [2.24, 2.45) is 5.73 Å². The van der Waals surface area contributed by atoms with Crippen LogP contribution < -0.4 is 11.1 Å². The number of amides is 1. The van der Waals surface area contributed by atoms with E-state index in [9.17, 15) is 4.79 Å². The Morgan fingerprint density at radius 1 is 1.60 bits per heavy atom. The van der Waals surface area contributed by atoms with Gasteiger partial charge >= 0.3 is 0 Å². The second-order valence-electron chi connectivity index (χ2n) is 3.58. The number of aryl methyl sites for hydroxylation is 1. The van der Waals surface area contributed by atoms with E-state index in [1.165, 1.54) is 0 Å². The Morgan fingerprint density at radius 3 is 2.73 bits per heavy atom. The lowest BCUT2D eigenvalue weighted by molar-refractivity contribution is -0.117. The van der Waals surface area contributed by atoms with E-state index in [-0.39, 0.29) is 12.5 Å². The number of nitrogens with one attached hydrogen (secondary N) is 1. The van der Waals surface area contributed by atoms with E-state index in [0.717, 1.165) is 11.1 Å². The summed E-state index contributed by atoms with van der Waals surface area (Å²) in [5.41, 5.74) is 7.93. The summed E-state index contributed by atoms with van der Waals surface area (Å²) < 4.78 is 0. The van der Waals surface area contributed by atoms with Gasteiger partial charge in [-0.1, -0.05) is 6.07 Å². The van der Waals surface area contributed by atoms with Crippen molar-refractivity contribution >= 4 is 11.6 Å². The first-order valence-electron chi connectivity index (χ1n) is 4.81. The minimum atomic E-state index is -0.525. The second-order valence-corrected chi connectivity index (χ2v) is 3.58. The summed E-state index contributed by atoms with van der Waals surface area (Å²) >= 11 is 0. The third-order valence-electron chi connectivity index (χ3n) is 2.19. The lowest BCUT2D eigenvalue weighted by atomic mass is 10.1. The van der Waals surface area contributed by atoms with Crippen molar-refractivity contribution in [3.8, 4) is 0 Å². The highest BCUT2D eigenvalue weighted by Gasteiger charge is 2.07. The molecule has 1 aromatic carbocycles. The molecule has 0 aliphatic rings. The molecule has 0 radical (unpaired) electrons. The number of hydrogen-bond donors (Lipinski definition) is 3. The molecule has 0 fully saturated rings. The Kier molecular flexibility index (Phi) is 3.82. The van der Waals surface area contributed by atoms with Gasteiger partial charge < -0.3 is 16.2 Å². The average molecular weight is 208 g/mol. The molecule has 4 nitrogen and oxygen atoms in total. The first kappa shape index (κ1) is 11.7. The van der Waals surface area contributed by atoms with Gasteiger partial charge in [-0.3, -0.25) is 4.79 Å². The van der Waals surface area contributed by atoms with Crippen molar-refractivity contribution in [2.45, 2.75) is 26.5 Å². The van der Waals surface area contributed by atoms with E-state index < -0.39 is 6.04 Å². The van der Waals surface area contributed by atoms with Gasteiger partial charge in [0.2, 0.25) is 5.91 Å². The van der Waals surface area contributed by atoms with Crippen LogP contribution in [-0.4, -0.2) is 17.1 Å². The molecule has 0 aliphatic carbocycles. The summed E-state index contributed by atoms with van der Waals surface area (Å²) in [6.45, 7) is 3.52. The van der Waals surface area contributed by atoms with Crippen LogP contribution in [0.3, 0.4) is 0 Å². The Hall–Kier alpha value is -1.39. The molecule has 15 heavy (non-hydrogen) atoms. The Balaban J connectivity index is 2.80. The van der Waals surface area contributed by atoms with Gasteiger partial charge in [-0.25, -0.2) is 0 Å². The largest absolute Gasteiger partial charge is 0.392 e. The summed E-state index contributed by atoms with van der Waals surface area (Å²) in [4.78, 5) is 11.3. The number of carbonyl (C=O) groups excluding carboxylic acids is 1. The van der Waals surface area contributed by atoms with E-state index in [1.54, 1.807) is 19.1 Å². The molecule has 1 aromatic rings. The molecule has 4 N–H and O–H groups in total. The Bertz CT molecular complexity index is 362. The summed E-state index contributed by atoms with van der Waals surface area (Å²) in [5, 5.41) is 11.7. The maximum Gasteiger partial charge on any atom is 0.240 e. The van der Waals surface area contributed by atoms with Crippen LogP contribution in [0.2, 0.25) is 0 Å². The number of carbonyl (C=O) groups is 1. The van der Waals surface area contributed by atoms with Gasteiger partial charge in [-0.15, -0.1) is 0 Å². The number of nitrogens with two attached hydrogens (primary N) is 1. The molecular formula is C11H16N2O2. The molecule has 1 amide bonds. The van der Waals surface area contributed by atoms with E-state index >= 15 is 0 Å². The second kappa shape index (κ2) is 4.91. The molecular weight excluding hydrogens is 192 g/mol. The van der Waals surface area contributed by atoms with Gasteiger partial charge in [-0.2, -0.15) is 0 Å². The summed E-state index contributed by atoms with van der Waals surface area (Å²) in [6.07, 6.45) is 0. The van der Waals surface area contributed by atoms with E-state index in [0.29, 0.717) is 5.69 Å². The normalized spacial score (nSPS) is 12.3. The highest BCUT2D eigenvalue weighted by Crippen LogP contribution is 2.15. The topological polar surface area (TPSA) is 75.4 Å². The molecule has 0 spiro atoms. The van der Waals surface area contributed by atoms with Crippen LogP contribution in [0.15, 0.2) is 18.2 Å². The molecule has 0 unspecified atom stereocenters. The van der Waals surface area contributed by atoms with Crippen LogP contribution in [0.1, 0.15) is 18.1 Å². The molecule has 0 aliphatic heterocycles. The minimum Gasteiger partial charge on any atom is -0.392 e. The molecule has 0 heterocycles. The standard InChI is InChI=1S/C11H16N2O2/c1-7-5-10(4-3-9(7)6-14)13-11(15)8(2)12/h3-5,8,14H,6,12H2,1-2H3,(H,13,15)/t8-/m0/s1. The molecule has 0 saturated heterocycles. The van der Waals surface area contributed by atoms with E-state index in [2.05, 4.69) is 5.32 Å². The zero-order valence-corrected chi connectivity index (χ0v) is 8.95. The van der Waals surface area contributed by atoms with Crippen molar-refractivity contribution < 1.29 is 9.90 Å². The highest BCUT2D eigenvalue weighted by atomic mass is 16.3. The van der Waals surface area contributed by atoms with Crippen molar-refractivity contribution in [1.82, 2.24) is 0 Å². The zero-order valence-electron chi connectivity index (χ0n) is 8.95. The summed E-state index contributed by atoms with van der Waals surface area (Å²) in [7, 11) is 0. The first-order valence-corrected chi connectivity index (χ1v) is 4.81. The van der Waals surface area contributed by atoms with Gasteiger partial charge in [0.1, 0.15) is 0 Å². The van der Waals surface area contributed by atoms with Gasteiger partial charge in [0.05, 0.1) is 12.6 Å². The van der Waals surface area contributed by atoms with Crippen molar-refractivity contribution in [3.63, 3.8) is 0 Å². The third kappa shape index (κ3) is 3.04. The fourth-order valence-electron chi connectivity index (χ4n) is 1.21. The van der Waals surface area contributed by atoms with Crippen LogP contribution >= 0.6 is 0 Å². The predicted octanol–water partition coefficient (Wildman–Crippen LogP) is 0.773. The number of anilines is 1. The van der Waals surface area contributed by atoms with Crippen LogP contribution in [0.4, 0.5) is 5.69 Å². The Morgan fingerprint density at radius 2 is 2.27 bits per heavy atom. The van der Waals surface area contributed by atoms with Crippen LogP contribution in [-0.2, 0) is 11.4 Å². The number of aliphatic hydroxyl groups is 1. The van der Waals surface area contributed by atoms with E-state index in [1.807, 2.05) is 13.0 Å². The molecule has 82 valence electrons. The number of benzene rings is 1. The molecule has 0 aromatic heterocycles. The Labute approximate surface area is 89.1 Å². The lowest BCUT2D eigenvalue weighted by Crippen LogP contribution is -2.32. The SMILES string of the molecule is Cc1cc(NC(=O)[C@H](C)N)ccc1CO. The lowest BCUT2D eigenvalue weighted by Gasteiger charge is -2.09. The van der Waals surface area contributed by atoms with Crippen molar-refractivity contribution in [1.29, 1.82) is 0 Å². The first-order chi connectivity index (χ1) is 7.04. The third-order valence-corrected chi connectivity index (χ3v) is 2.19. The van der Waals surface area contributed by atoms with E-state index in [4.69, 9.17) is 10.8 Å². The number of aliphatic hydroxyl groups excluding tert-OH is 1. The quantitative estimate of drug-likeness (QED) is 0.687. The smallest absolute Gasteiger partial charge is 0.240 e. The van der Waals surface area contributed by atoms with Crippen LogP contribution in [0.5, 0.6) is 0 Å². The molecule has 0 saturated carbocycles. The molecule has 1 rings (SSSR count).